The largest absolute Gasteiger partial charge is 0.316 e. The zero-order valence-electron chi connectivity index (χ0n) is 11.2. The lowest BCUT2D eigenvalue weighted by atomic mass is 9.97. The second kappa shape index (κ2) is 5.25. The Morgan fingerprint density at radius 3 is 2.12 bits per heavy atom. The molecule has 3 aliphatic rings. The average molecular weight is 237 g/mol. The Hall–Kier alpha value is -0.120. The van der Waals surface area contributed by atoms with Crippen molar-refractivity contribution in [1.82, 2.24) is 15.1 Å². The standard InChI is InChI=1S/C14H27N3/c1-12-8-15-9-14(12)11-17-6-4-16(5-7-17)10-13-2-3-13/h12-15H,2-11H2,1H3. The summed E-state index contributed by atoms with van der Waals surface area (Å²) in [7, 11) is 0. The minimum atomic E-state index is 0.875. The van der Waals surface area contributed by atoms with E-state index in [0.717, 1.165) is 17.8 Å². The lowest BCUT2D eigenvalue weighted by molar-refractivity contribution is 0.111. The first-order valence-corrected chi connectivity index (χ1v) is 7.46. The zero-order valence-corrected chi connectivity index (χ0v) is 11.2. The average Bonchev–Trinajstić information content (AvgIpc) is 3.06. The Labute approximate surface area is 106 Å². The van der Waals surface area contributed by atoms with Crippen molar-refractivity contribution in [1.29, 1.82) is 0 Å². The van der Waals surface area contributed by atoms with Crippen LogP contribution in [-0.2, 0) is 0 Å². The molecule has 2 heterocycles. The molecule has 98 valence electrons. The molecule has 1 aliphatic carbocycles. The summed E-state index contributed by atoms with van der Waals surface area (Å²) in [6.07, 6.45) is 2.98. The lowest BCUT2D eigenvalue weighted by Gasteiger charge is -2.36. The van der Waals surface area contributed by atoms with Crippen molar-refractivity contribution in [3.05, 3.63) is 0 Å². The van der Waals surface area contributed by atoms with Crippen LogP contribution in [0.3, 0.4) is 0 Å². The number of hydrogen-bond donors (Lipinski definition) is 1. The van der Waals surface area contributed by atoms with Crippen molar-refractivity contribution in [2.24, 2.45) is 17.8 Å². The number of piperazine rings is 1. The van der Waals surface area contributed by atoms with Gasteiger partial charge in [0.25, 0.3) is 0 Å². The predicted molar refractivity (Wildman–Crippen MR) is 71.1 cm³/mol. The quantitative estimate of drug-likeness (QED) is 0.783. The summed E-state index contributed by atoms with van der Waals surface area (Å²) in [5.74, 6) is 2.82. The molecule has 2 saturated heterocycles. The summed E-state index contributed by atoms with van der Waals surface area (Å²) in [4.78, 5) is 5.38. The number of nitrogens with zero attached hydrogens (tertiary/aromatic N) is 2. The highest BCUT2D eigenvalue weighted by Crippen LogP contribution is 2.30. The predicted octanol–water partition coefficient (Wildman–Crippen LogP) is 0.870. The van der Waals surface area contributed by atoms with E-state index in [9.17, 15) is 0 Å². The molecule has 2 unspecified atom stereocenters. The van der Waals surface area contributed by atoms with Gasteiger partial charge in [0.05, 0.1) is 0 Å². The second-order valence-electron chi connectivity index (χ2n) is 6.44. The Morgan fingerprint density at radius 1 is 0.941 bits per heavy atom. The maximum Gasteiger partial charge on any atom is 0.0110 e. The van der Waals surface area contributed by atoms with Crippen LogP contribution < -0.4 is 5.32 Å². The summed E-state index contributed by atoms with van der Waals surface area (Å²) >= 11 is 0. The van der Waals surface area contributed by atoms with Gasteiger partial charge in [-0.05, 0) is 43.7 Å². The monoisotopic (exact) mass is 237 g/mol. The molecule has 0 spiro atoms. The van der Waals surface area contributed by atoms with Crippen LogP contribution in [0.25, 0.3) is 0 Å². The molecule has 0 amide bonds. The van der Waals surface area contributed by atoms with Crippen LogP contribution in [0.5, 0.6) is 0 Å². The van der Waals surface area contributed by atoms with Gasteiger partial charge in [-0.2, -0.15) is 0 Å². The van der Waals surface area contributed by atoms with Crippen molar-refractivity contribution >= 4 is 0 Å². The van der Waals surface area contributed by atoms with Gasteiger partial charge in [0.2, 0.25) is 0 Å². The summed E-state index contributed by atoms with van der Waals surface area (Å²) < 4.78 is 0. The second-order valence-corrected chi connectivity index (χ2v) is 6.44. The molecule has 2 aliphatic heterocycles. The molecule has 2 atom stereocenters. The van der Waals surface area contributed by atoms with Gasteiger partial charge in [-0.15, -0.1) is 0 Å². The van der Waals surface area contributed by atoms with Crippen LogP contribution in [0, 0.1) is 17.8 Å². The fraction of sp³-hybridized carbons (Fsp3) is 1.00. The first-order valence-electron chi connectivity index (χ1n) is 7.46. The fourth-order valence-corrected chi connectivity index (χ4v) is 3.26. The van der Waals surface area contributed by atoms with Crippen LogP contribution >= 0.6 is 0 Å². The van der Waals surface area contributed by atoms with Gasteiger partial charge in [0.15, 0.2) is 0 Å². The maximum absolute atomic E-state index is 3.52. The SMILES string of the molecule is CC1CNCC1CN1CCN(CC2CC2)CC1. The van der Waals surface area contributed by atoms with Gasteiger partial charge in [0.1, 0.15) is 0 Å². The number of nitrogens with one attached hydrogen (secondary N) is 1. The van der Waals surface area contributed by atoms with Crippen LogP contribution in [0.15, 0.2) is 0 Å². The van der Waals surface area contributed by atoms with Crippen molar-refractivity contribution < 1.29 is 0 Å². The van der Waals surface area contributed by atoms with E-state index in [1.165, 1.54) is 65.2 Å². The molecule has 1 N–H and O–H groups in total. The third-order valence-electron chi connectivity index (χ3n) is 4.85. The highest BCUT2D eigenvalue weighted by Gasteiger charge is 2.29. The molecule has 0 aromatic carbocycles. The topological polar surface area (TPSA) is 18.5 Å². The van der Waals surface area contributed by atoms with Crippen molar-refractivity contribution in [2.75, 3.05) is 52.4 Å². The first kappa shape index (κ1) is 11.9. The zero-order chi connectivity index (χ0) is 11.7. The molecular weight excluding hydrogens is 210 g/mol. The van der Waals surface area contributed by atoms with E-state index >= 15 is 0 Å². The summed E-state index contributed by atoms with van der Waals surface area (Å²) in [6.45, 7) is 12.8. The molecule has 0 radical (unpaired) electrons. The van der Waals surface area contributed by atoms with Crippen molar-refractivity contribution in [3.8, 4) is 0 Å². The molecule has 0 aromatic heterocycles. The third kappa shape index (κ3) is 3.21. The minimum absolute atomic E-state index is 0.875. The Bertz CT molecular complexity index is 244. The van der Waals surface area contributed by atoms with E-state index in [4.69, 9.17) is 0 Å². The fourth-order valence-electron chi connectivity index (χ4n) is 3.26. The molecule has 3 rings (SSSR count). The van der Waals surface area contributed by atoms with Gasteiger partial charge in [-0.25, -0.2) is 0 Å². The summed E-state index contributed by atoms with van der Waals surface area (Å²) in [5, 5.41) is 3.52. The molecule has 3 nitrogen and oxygen atoms in total. The van der Waals surface area contributed by atoms with Crippen LogP contribution in [-0.4, -0.2) is 62.2 Å². The van der Waals surface area contributed by atoms with Crippen LogP contribution in [0.1, 0.15) is 19.8 Å². The van der Waals surface area contributed by atoms with E-state index in [0.29, 0.717) is 0 Å². The Kier molecular flexibility index (Phi) is 3.69. The van der Waals surface area contributed by atoms with E-state index in [1.807, 2.05) is 0 Å². The highest BCUT2D eigenvalue weighted by molar-refractivity contribution is 4.84. The van der Waals surface area contributed by atoms with E-state index in [-0.39, 0.29) is 0 Å². The third-order valence-corrected chi connectivity index (χ3v) is 4.85. The minimum Gasteiger partial charge on any atom is -0.316 e. The molecular formula is C14H27N3. The molecule has 3 fully saturated rings. The van der Waals surface area contributed by atoms with Crippen molar-refractivity contribution in [3.63, 3.8) is 0 Å². The Balaban J connectivity index is 1.38. The van der Waals surface area contributed by atoms with Crippen LogP contribution in [0.2, 0.25) is 0 Å². The molecule has 0 aromatic rings. The lowest BCUT2D eigenvalue weighted by Crippen LogP contribution is -2.48. The van der Waals surface area contributed by atoms with E-state index in [1.54, 1.807) is 0 Å². The van der Waals surface area contributed by atoms with Gasteiger partial charge in [-0.1, -0.05) is 6.92 Å². The summed E-state index contributed by atoms with van der Waals surface area (Å²) in [6, 6.07) is 0. The molecule has 0 bridgehead atoms. The number of hydrogen-bond acceptors (Lipinski definition) is 3. The highest BCUT2D eigenvalue weighted by atomic mass is 15.3. The normalized spacial score (nSPS) is 36.5. The van der Waals surface area contributed by atoms with E-state index < -0.39 is 0 Å². The molecule has 17 heavy (non-hydrogen) atoms. The Morgan fingerprint density at radius 2 is 1.59 bits per heavy atom. The summed E-state index contributed by atoms with van der Waals surface area (Å²) in [5.41, 5.74) is 0. The smallest absolute Gasteiger partial charge is 0.0110 e. The first-order chi connectivity index (χ1) is 8.31. The number of rotatable bonds is 4. The van der Waals surface area contributed by atoms with Crippen LogP contribution in [0.4, 0.5) is 0 Å². The molecule has 1 saturated carbocycles. The van der Waals surface area contributed by atoms with E-state index in [2.05, 4.69) is 22.0 Å². The van der Waals surface area contributed by atoms with Crippen molar-refractivity contribution in [2.45, 2.75) is 19.8 Å². The van der Waals surface area contributed by atoms with Gasteiger partial charge in [-0.3, -0.25) is 0 Å². The maximum atomic E-state index is 3.52. The van der Waals surface area contributed by atoms with Gasteiger partial charge < -0.3 is 15.1 Å². The van der Waals surface area contributed by atoms with Gasteiger partial charge >= 0.3 is 0 Å². The van der Waals surface area contributed by atoms with Gasteiger partial charge in [0, 0.05) is 39.3 Å². The molecule has 3 heteroatoms.